The Morgan fingerprint density at radius 3 is 2.43 bits per heavy atom. The molecule has 5 heteroatoms. The van der Waals surface area contributed by atoms with E-state index in [1.54, 1.807) is 0 Å². The number of aliphatic hydroxyl groups excluding tert-OH is 1. The molecule has 0 bridgehead atoms. The van der Waals surface area contributed by atoms with E-state index in [1.807, 2.05) is 4.90 Å². The molecule has 1 unspecified atom stereocenters. The minimum Gasteiger partial charge on any atom is -0.390 e. The Morgan fingerprint density at radius 1 is 0.933 bits per heavy atom. The minimum atomic E-state index is -0.515. The molecule has 160 valence electrons. The third-order valence-electron chi connectivity index (χ3n) is 6.27. The average molecular weight is 408 g/mol. The Kier molecular flexibility index (Phi) is 6.70. The van der Waals surface area contributed by atoms with Crippen LogP contribution in [-0.4, -0.2) is 66.2 Å². The third kappa shape index (κ3) is 5.02. The molecule has 2 aliphatic rings. The van der Waals surface area contributed by atoms with E-state index in [4.69, 9.17) is 0 Å². The molecule has 0 aliphatic carbocycles. The number of fused-ring (bicyclic) bond motifs is 1. The van der Waals surface area contributed by atoms with Gasteiger partial charge in [-0.2, -0.15) is 0 Å². The summed E-state index contributed by atoms with van der Waals surface area (Å²) < 4.78 is 0. The molecule has 2 aromatic rings. The van der Waals surface area contributed by atoms with Gasteiger partial charge in [0.2, 0.25) is 5.91 Å². The second-order valence-electron chi connectivity index (χ2n) is 8.59. The average Bonchev–Trinajstić information content (AvgIpc) is 2.76. The molecule has 0 radical (unpaired) electrons. The van der Waals surface area contributed by atoms with Gasteiger partial charge in [0.1, 0.15) is 0 Å². The highest BCUT2D eigenvalue weighted by molar-refractivity contribution is 5.82. The lowest BCUT2D eigenvalue weighted by atomic mass is 10.00. The van der Waals surface area contributed by atoms with Gasteiger partial charge in [0.15, 0.2) is 0 Å². The summed E-state index contributed by atoms with van der Waals surface area (Å²) in [5, 5.41) is 10.6. The van der Waals surface area contributed by atoms with E-state index in [-0.39, 0.29) is 5.91 Å². The molecule has 1 amide bonds. The molecule has 30 heavy (non-hydrogen) atoms. The summed E-state index contributed by atoms with van der Waals surface area (Å²) in [5.41, 5.74) is 5.22. The van der Waals surface area contributed by atoms with Crippen LogP contribution in [0.25, 0.3) is 0 Å². The predicted octanol–water partition coefficient (Wildman–Crippen LogP) is 2.71. The summed E-state index contributed by atoms with van der Waals surface area (Å²) >= 11 is 0. The van der Waals surface area contributed by atoms with Crippen LogP contribution in [-0.2, 0) is 24.2 Å². The molecule has 0 aromatic heterocycles. The van der Waals surface area contributed by atoms with Crippen molar-refractivity contribution in [3.8, 4) is 0 Å². The van der Waals surface area contributed by atoms with Crippen LogP contribution in [0.2, 0.25) is 0 Å². The molecule has 2 aromatic carbocycles. The van der Waals surface area contributed by atoms with Crippen molar-refractivity contribution < 1.29 is 9.90 Å². The van der Waals surface area contributed by atoms with E-state index in [2.05, 4.69) is 65.3 Å². The third-order valence-corrected chi connectivity index (χ3v) is 6.27. The van der Waals surface area contributed by atoms with Gasteiger partial charge in [-0.25, -0.2) is 0 Å². The van der Waals surface area contributed by atoms with Crippen LogP contribution in [0.4, 0.5) is 5.69 Å². The van der Waals surface area contributed by atoms with E-state index in [9.17, 15) is 9.90 Å². The number of nitrogens with zero attached hydrogens (tertiary/aromatic N) is 3. The number of carbonyl (C=O) groups is 1. The van der Waals surface area contributed by atoms with Crippen molar-refractivity contribution in [3.63, 3.8) is 0 Å². The number of anilines is 1. The van der Waals surface area contributed by atoms with Gasteiger partial charge in [0.05, 0.1) is 12.6 Å². The van der Waals surface area contributed by atoms with Gasteiger partial charge in [-0.05, 0) is 41.7 Å². The number of carbonyl (C=O) groups excluding carboxylic acids is 1. The zero-order valence-corrected chi connectivity index (χ0v) is 18.0. The molecular weight excluding hydrogens is 374 g/mol. The number of amides is 1. The molecule has 4 rings (SSSR count). The number of benzene rings is 2. The van der Waals surface area contributed by atoms with Crippen molar-refractivity contribution in [1.82, 2.24) is 9.80 Å². The first-order valence-corrected chi connectivity index (χ1v) is 11.2. The zero-order chi connectivity index (χ0) is 20.9. The summed E-state index contributed by atoms with van der Waals surface area (Å²) in [4.78, 5) is 19.0. The number of β-amino-alcohol motifs (C(OH)–C–C–N with tert-alkyl or cyclic N) is 1. The smallest absolute Gasteiger partial charge is 0.242 e. The lowest BCUT2D eigenvalue weighted by Crippen LogP contribution is -2.53. The van der Waals surface area contributed by atoms with Crippen molar-refractivity contribution in [2.75, 3.05) is 44.2 Å². The molecule has 2 heterocycles. The number of hydrogen-bond donors (Lipinski definition) is 1. The number of piperazine rings is 1. The van der Waals surface area contributed by atoms with Gasteiger partial charge >= 0.3 is 0 Å². The summed E-state index contributed by atoms with van der Waals surface area (Å²) in [5.74, 6) is 0.0990. The Labute approximate surface area is 179 Å². The molecule has 1 atom stereocenters. The fourth-order valence-electron chi connectivity index (χ4n) is 4.60. The van der Waals surface area contributed by atoms with E-state index in [1.165, 1.54) is 16.7 Å². The predicted molar refractivity (Wildman–Crippen MR) is 121 cm³/mol. The summed E-state index contributed by atoms with van der Waals surface area (Å²) in [6.07, 6.45) is 2.74. The second-order valence-corrected chi connectivity index (χ2v) is 8.59. The van der Waals surface area contributed by atoms with Crippen LogP contribution in [0.15, 0.2) is 48.5 Å². The van der Waals surface area contributed by atoms with Crippen LogP contribution in [0.1, 0.15) is 30.0 Å². The minimum absolute atomic E-state index is 0.0990. The molecule has 0 saturated carbocycles. The van der Waals surface area contributed by atoms with Crippen LogP contribution in [0.3, 0.4) is 0 Å². The SMILES string of the molecule is CCCc1ccc(N2CCN(CC(O)CN3CCc4ccccc4C3)C(=O)C2)cc1. The Hall–Kier alpha value is -2.37. The normalized spacial score (nSPS) is 18.4. The first-order chi connectivity index (χ1) is 14.6. The van der Waals surface area contributed by atoms with Crippen molar-refractivity contribution in [3.05, 3.63) is 65.2 Å². The maximum atomic E-state index is 12.7. The largest absolute Gasteiger partial charge is 0.390 e. The van der Waals surface area contributed by atoms with Crippen molar-refractivity contribution in [2.45, 2.75) is 38.8 Å². The van der Waals surface area contributed by atoms with Crippen molar-refractivity contribution in [2.24, 2.45) is 0 Å². The molecule has 5 nitrogen and oxygen atoms in total. The van der Waals surface area contributed by atoms with Gasteiger partial charge in [-0.1, -0.05) is 49.7 Å². The number of aryl methyl sites for hydroxylation is 1. The standard InChI is InChI=1S/C25H33N3O2/c1-2-5-20-8-10-23(11-9-20)27-14-15-28(25(30)19-27)18-24(29)17-26-13-12-21-6-3-4-7-22(21)16-26/h3-4,6-11,24,29H,2,5,12-19H2,1H3. The van der Waals surface area contributed by atoms with Crippen LogP contribution < -0.4 is 4.90 Å². The first kappa shape index (κ1) is 20.9. The van der Waals surface area contributed by atoms with Gasteiger partial charge in [0.25, 0.3) is 0 Å². The van der Waals surface area contributed by atoms with Crippen LogP contribution in [0, 0.1) is 0 Å². The molecule has 1 fully saturated rings. The van der Waals surface area contributed by atoms with E-state index < -0.39 is 6.10 Å². The van der Waals surface area contributed by atoms with E-state index in [0.29, 0.717) is 26.2 Å². The quantitative estimate of drug-likeness (QED) is 0.767. The van der Waals surface area contributed by atoms with Crippen LogP contribution in [0.5, 0.6) is 0 Å². The maximum absolute atomic E-state index is 12.7. The lowest BCUT2D eigenvalue weighted by molar-refractivity contribution is -0.132. The number of hydrogen-bond acceptors (Lipinski definition) is 4. The van der Waals surface area contributed by atoms with Crippen LogP contribution >= 0.6 is 0 Å². The van der Waals surface area contributed by atoms with Gasteiger partial charge < -0.3 is 14.9 Å². The second kappa shape index (κ2) is 9.63. The van der Waals surface area contributed by atoms with E-state index in [0.717, 1.165) is 44.6 Å². The highest BCUT2D eigenvalue weighted by Gasteiger charge is 2.27. The molecule has 1 N–H and O–H groups in total. The molecule has 1 saturated heterocycles. The summed E-state index contributed by atoms with van der Waals surface area (Å²) in [7, 11) is 0. The fourth-order valence-corrected chi connectivity index (χ4v) is 4.60. The molecule has 0 spiro atoms. The number of aliphatic hydroxyl groups is 1. The first-order valence-electron chi connectivity index (χ1n) is 11.2. The Morgan fingerprint density at radius 2 is 1.70 bits per heavy atom. The van der Waals surface area contributed by atoms with Crippen molar-refractivity contribution >= 4 is 11.6 Å². The summed E-state index contributed by atoms with van der Waals surface area (Å²) in [6, 6.07) is 17.1. The Bertz CT molecular complexity index is 852. The molecular formula is C25H33N3O2. The van der Waals surface area contributed by atoms with Gasteiger partial charge in [-0.3, -0.25) is 9.69 Å². The Balaban J connectivity index is 1.26. The topological polar surface area (TPSA) is 47.0 Å². The summed E-state index contributed by atoms with van der Waals surface area (Å²) in [6.45, 7) is 6.91. The lowest BCUT2D eigenvalue weighted by Gasteiger charge is -2.37. The maximum Gasteiger partial charge on any atom is 0.242 e. The highest BCUT2D eigenvalue weighted by Crippen LogP contribution is 2.20. The molecule has 2 aliphatic heterocycles. The number of rotatable bonds is 7. The van der Waals surface area contributed by atoms with Gasteiger partial charge in [0, 0.05) is 45.0 Å². The van der Waals surface area contributed by atoms with E-state index >= 15 is 0 Å². The monoisotopic (exact) mass is 407 g/mol. The zero-order valence-electron chi connectivity index (χ0n) is 18.0. The van der Waals surface area contributed by atoms with Gasteiger partial charge in [-0.15, -0.1) is 0 Å². The van der Waals surface area contributed by atoms with Crippen molar-refractivity contribution in [1.29, 1.82) is 0 Å². The fraction of sp³-hybridized carbons (Fsp3) is 0.480. The highest BCUT2D eigenvalue weighted by atomic mass is 16.3.